The second kappa shape index (κ2) is 10.7. The highest BCUT2D eigenvalue weighted by Crippen LogP contribution is 2.57. The van der Waals surface area contributed by atoms with E-state index in [4.69, 9.17) is 4.42 Å². The first-order valence-electron chi connectivity index (χ1n) is 17.6. The molecule has 2 aromatic heterocycles. The predicted molar refractivity (Wildman–Crippen MR) is 211 cm³/mol. The van der Waals surface area contributed by atoms with Gasteiger partial charge >= 0.3 is 0 Å². The van der Waals surface area contributed by atoms with Crippen molar-refractivity contribution >= 4 is 43.7 Å². The summed E-state index contributed by atoms with van der Waals surface area (Å²) in [5.74, 6) is 0. The Morgan fingerprint density at radius 1 is 0.392 bits per heavy atom. The molecule has 51 heavy (non-hydrogen) atoms. The van der Waals surface area contributed by atoms with Crippen molar-refractivity contribution in [3.63, 3.8) is 0 Å². The van der Waals surface area contributed by atoms with Gasteiger partial charge < -0.3 is 8.98 Å². The number of benzene rings is 8. The smallest absolute Gasteiger partial charge is 0.136 e. The maximum absolute atomic E-state index is 6.83. The molecule has 0 saturated heterocycles. The van der Waals surface area contributed by atoms with E-state index in [0.717, 1.165) is 27.6 Å². The van der Waals surface area contributed by atoms with Crippen molar-refractivity contribution < 1.29 is 4.42 Å². The Morgan fingerprint density at radius 3 is 1.82 bits per heavy atom. The Hall–Kier alpha value is -6.64. The third kappa shape index (κ3) is 3.87. The molecule has 0 amide bonds. The van der Waals surface area contributed by atoms with Crippen LogP contribution in [0.1, 0.15) is 22.3 Å². The van der Waals surface area contributed by atoms with Gasteiger partial charge in [-0.05, 0) is 87.0 Å². The van der Waals surface area contributed by atoms with Crippen LogP contribution in [-0.2, 0) is 5.41 Å². The van der Waals surface area contributed by atoms with Gasteiger partial charge in [0, 0.05) is 27.2 Å². The maximum Gasteiger partial charge on any atom is 0.136 e. The lowest BCUT2D eigenvalue weighted by molar-refractivity contribution is 0.666. The van der Waals surface area contributed by atoms with Gasteiger partial charge in [0.25, 0.3) is 0 Å². The quantitative estimate of drug-likeness (QED) is 0.186. The average molecular weight is 650 g/mol. The van der Waals surface area contributed by atoms with Crippen molar-refractivity contribution in [3.8, 4) is 27.9 Å². The van der Waals surface area contributed by atoms with Gasteiger partial charge in [-0.2, -0.15) is 0 Å². The molecule has 2 heteroatoms. The Kier molecular flexibility index (Phi) is 5.91. The molecule has 0 saturated carbocycles. The normalized spacial score (nSPS) is 13.3. The van der Waals surface area contributed by atoms with Gasteiger partial charge in [0.1, 0.15) is 11.2 Å². The molecule has 1 aliphatic carbocycles. The molecule has 0 unspecified atom stereocenters. The number of nitrogens with zero attached hydrogens (tertiary/aromatic N) is 1. The summed E-state index contributed by atoms with van der Waals surface area (Å²) < 4.78 is 9.21. The third-order valence-corrected chi connectivity index (χ3v) is 11.1. The number of furan rings is 1. The second-order valence-electron chi connectivity index (χ2n) is 13.6. The largest absolute Gasteiger partial charge is 0.456 e. The summed E-state index contributed by atoms with van der Waals surface area (Å²) in [6, 6.07) is 68.3. The Labute approximate surface area is 295 Å². The zero-order valence-corrected chi connectivity index (χ0v) is 27.8. The highest BCUT2D eigenvalue weighted by molar-refractivity contribution is 6.16. The first-order valence-corrected chi connectivity index (χ1v) is 17.6. The van der Waals surface area contributed by atoms with Crippen LogP contribution in [-0.4, -0.2) is 4.57 Å². The molecule has 0 atom stereocenters. The van der Waals surface area contributed by atoms with Crippen molar-refractivity contribution in [2.24, 2.45) is 0 Å². The van der Waals surface area contributed by atoms with Crippen molar-refractivity contribution in [1.29, 1.82) is 0 Å². The lowest BCUT2D eigenvalue weighted by Gasteiger charge is -2.33. The lowest BCUT2D eigenvalue weighted by Crippen LogP contribution is -2.28. The van der Waals surface area contributed by atoms with Crippen LogP contribution in [0.5, 0.6) is 0 Å². The topological polar surface area (TPSA) is 18.1 Å². The van der Waals surface area contributed by atoms with E-state index < -0.39 is 5.41 Å². The zero-order valence-electron chi connectivity index (χ0n) is 27.8. The van der Waals surface area contributed by atoms with Crippen LogP contribution in [0.3, 0.4) is 0 Å². The van der Waals surface area contributed by atoms with Gasteiger partial charge in [-0.15, -0.1) is 0 Å². The van der Waals surface area contributed by atoms with Crippen molar-refractivity contribution in [3.05, 3.63) is 210 Å². The van der Waals surface area contributed by atoms with E-state index in [1.54, 1.807) is 0 Å². The van der Waals surface area contributed by atoms with E-state index in [9.17, 15) is 0 Å². The fraction of sp³-hybridized carbons (Fsp3) is 0.0204. The van der Waals surface area contributed by atoms with E-state index in [2.05, 4.69) is 193 Å². The minimum atomic E-state index is -0.472. The molecule has 2 nitrogen and oxygen atoms in total. The van der Waals surface area contributed by atoms with E-state index in [1.165, 1.54) is 66.3 Å². The zero-order chi connectivity index (χ0) is 33.5. The Morgan fingerprint density at radius 2 is 1.04 bits per heavy atom. The van der Waals surface area contributed by atoms with Gasteiger partial charge in [-0.3, -0.25) is 0 Å². The number of hydrogen-bond donors (Lipinski definition) is 0. The monoisotopic (exact) mass is 649 g/mol. The van der Waals surface area contributed by atoms with E-state index >= 15 is 0 Å². The molecule has 2 heterocycles. The summed E-state index contributed by atoms with van der Waals surface area (Å²) in [6.45, 7) is 0. The molecule has 0 radical (unpaired) electrons. The molecular weight excluding hydrogens is 619 g/mol. The molecule has 238 valence electrons. The van der Waals surface area contributed by atoms with Crippen molar-refractivity contribution in [2.75, 3.05) is 0 Å². The van der Waals surface area contributed by atoms with Gasteiger partial charge in [-0.1, -0.05) is 146 Å². The van der Waals surface area contributed by atoms with Crippen LogP contribution in [0.2, 0.25) is 0 Å². The lowest BCUT2D eigenvalue weighted by atomic mass is 9.67. The van der Waals surface area contributed by atoms with E-state index in [-0.39, 0.29) is 0 Å². The van der Waals surface area contributed by atoms with Crippen molar-refractivity contribution in [2.45, 2.75) is 5.41 Å². The molecule has 0 spiro atoms. The van der Waals surface area contributed by atoms with Crippen LogP contribution >= 0.6 is 0 Å². The summed E-state index contributed by atoms with van der Waals surface area (Å²) in [5, 5.41) is 4.78. The van der Waals surface area contributed by atoms with E-state index in [0.29, 0.717) is 0 Å². The van der Waals surface area contributed by atoms with Crippen LogP contribution in [0.4, 0.5) is 0 Å². The number of aromatic nitrogens is 1. The predicted octanol–water partition coefficient (Wildman–Crippen LogP) is 12.7. The molecule has 0 bridgehead atoms. The van der Waals surface area contributed by atoms with E-state index in [1.807, 2.05) is 0 Å². The Bertz CT molecular complexity index is 2910. The highest BCUT2D eigenvalue weighted by atomic mass is 16.3. The van der Waals surface area contributed by atoms with Gasteiger partial charge in [0.05, 0.1) is 16.4 Å². The van der Waals surface area contributed by atoms with Gasteiger partial charge in [0.15, 0.2) is 0 Å². The van der Waals surface area contributed by atoms with Crippen LogP contribution in [0.15, 0.2) is 192 Å². The molecule has 11 rings (SSSR count). The molecule has 0 fully saturated rings. The minimum absolute atomic E-state index is 0.472. The second-order valence-corrected chi connectivity index (χ2v) is 13.6. The standard InChI is InChI=1S/C49H31NO/c1-4-15-33(16-5-1)49(34-17-6-2-7-18-34)42-24-12-10-21-37(42)40-30-41-47(31-43(40)49)51-46-26-14-23-36(48(41)46)32-27-28-39-38-22-11-13-25-44(38)50(45(39)29-32)35-19-8-3-9-20-35/h1-31H. The molecule has 8 aromatic carbocycles. The number of para-hydroxylation sites is 2. The summed E-state index contributed by atoms with van der Waals surface area (Å²) in [4.78, 5) is 0. The molecular formula is C49H31NO. The summed E-state index contributed by atoms with van der Waals surface area (Å²) in [7, 11) is 0. The molecule has 0 aliphatic heterocycles. The minimum Gasteiger partial charge on any atom is -0.456 e. The molecule has 0 N–H and O–H groups in total. The number of fused-ring (bicyclic) bond motifs is 9. The maximum atomic E-state index is 6.83. The number of hydrogen-bond acceptors (Lipinski definition) is 1. The third-order valence-electron chi connectivity index (χ3n) is 11.1. The summed E-state index contributed by atoms with van der Waals surface area (Å²) in [5.41, 5.74) is 14.8. The molecule has 1 aliphatic rings. The van der Waals surface area contributed by atoms with Gasteiger partial charge in [0.2, 0.25) is 0 Å². The fourth-order valence-corrected chi connectivity index (χ4v) is 8.99. The Balaban J connectivity index is 1.19. The van der Waals surface area contributed by atoms with Crippen LogP contribution < -0.4 is 0 Å². The van der Waals surface area contributed by atoms with Gasteiger partial charge in [-0.25, -0.2) is 0 Å². The molecule has 10 aromatic rings. The van der Waals surface area contributed by atoms with Crippen LogP contribution in [0.25, 0.3) is 71.7 Å². The average Bonchev–Trinajstić information content (AvgIpc) is 3.83. The van der Waals surface area contributed by atoms with Crippen molar-refractivity contribution in [1.82, 2.24) is 4.57 Å². The van der Waals surface area contributed by atoms with Crippen LogP contribution in [0, 0.1) is 0 Å². The number of rotatable bonds is 4. The summed E-state index contributed by atoms with van der Waals surface area (Å²) in [6.07, 6.45) is 0. The fourth-order valence-electron chi connectivity index (χ4n) is 8.99. The highest BCUT2D eigenvalue weighted by Gasteiger charge is 2.46. The first kappa shape index (κ1) is 28.2. The first-order chi connectivity index (χ1) is 25.3. The summed E-state index contributed by atoms with van der Waals surface area (Å²) >= 11 is 0. The SMILES string of the molecule is c1ccc(-n2c3ccccc3c3ccc(-c4cccc5oc6cc7c(cc6c45)-c4ccccc4C7(c4ccccc4)c4ccccc4)cc32)cc1.